The van der Waals surface area contributed by atoms with Crippen molar-refractivity contribution in [2.24, 2.45) is 11.7 Å². The number of rotatable bonds is 6. The van der Waals surface area contributed by atoms with Gasteiger partial charge in [-0.1, -0.05) is 31.4 Å². The summed E-state index contributed by atoms with van der Waals surface area (Å²) in [4.78, 5) is 24.4. The molecule has 0 unspecified atom stereocenters. The Morgan fingerprint density at radius 2 is 2.00 bits per heavy atom. The molecule has 0 bridgehead atoms. The molecular weight excluding hydrogens is 344 g/mol. The number of esters is 1. The number of nitrogens with one attached hydrogen (secondary N) is 1. The average Bonchev–Trinajstić information content (AvgIpc) is 2.60. The second-order valence-electron chi connectivity index (χ2n) is 6.38. The zero-order chi connectivity index (χ0) is 17.5. The van der Waals surface area contributed by atoms with Crippen LogP contribution in [0.5, 0.6) is 5.75 Å². The molecule has 4 N–H and O–H groups in total. The average molecular weight is 371 g/mol. The lowest BCUT2D eigenvalue weighted by Crippen LogP contribution is -2.52. The molecule has 0 radical (unpaired) electrons. The van der Waals surface area contributed by atoms with Crippen LogP contribution in [-0.2, 0) is 20.7 Å². The Kier molecular flexibility index (Phi) is 8.72. The number of benzene rings is 1. The minimum atomic E-state index is -0.820. The normalized spacial score (nSPS) is 17.0. The number of phenolic OH excluding ortho intramolecular Hbond substituents is 1. The molecule has 2 atom stereocenters. The fourth-order valence-electron chi connectivity index (χ4n) is 3.23. The maximum absolute atomic E-state index is 12.4. The molecule has 1 amide bonds. The first-order chi connectivity index (χ1) is 11.5. The Balaban J connectivity index is 0.00000312. The van der Waals surface area contributed by atoms with Crippen LogP contribution in [0.4, 0.5) is 0 Å². The van der Waals surface area contributed by atoms with Crippen LogP contribution in [0, 0.1) is 5.92 Å². The van der Waals surface area contributed by atoms with Gasteiger partial charge >= 0.3 is 5.97 Å². The van der Waals surface area contributed by atoms with Gasteiger partial charge in [0.1, 0.15) is 11.8 Å². The van der Waals surface area contributed by atoms with E-state index in [0.717, 1.165) is 31.2 Å². The van der Waals surface area contributed by atoms with Gasteiger partial charge in [0.25, 0.3) is 0 Å². The first kappa shape index (κ1) is 21.3. The fraction of sp³-hybridized carbons (Fsp3) is 0.556. The van der Waals surface area contributed by atoms with Crippen molar-refractivity contribution in [3.05, 3.63) is 29.8 Å². The van der Waals surface area contributed by atoms with E-state index < -0.39 is 18.1 Å². The van der Waals surface area contributed by atoms with Gasteiger partial charge in [-0.2, -0.15) is 0 Å². The molecule has 1 aliphatic carbocycles. The molecule has 25 heavy (non-hydrogen) atoms. The highest BCUT2D eigenvalue weighted by Crippen LogP contribution is 2.25. The summed E-state index contributed by atoms with van der Waals surface area (Å²) in [7, 11) is 1.28. The van der Waals surface area contributed by atoms with Crippen LogP contribution < -0.4 is 11.1 Å². The number of hydrogen-bond donors (Lipinski definition) is 3. The van der Waals surface area contributed by atoms with E-state index in [2.05, 4.69) is 5.32 Å². The fourth-order valence-corrected chi connectivity index (χ4v) is 3.23. The van der Waals surface area contributed by atoms with Crippen molar-refractivity contribution in [2.75, 3.05) is 7.11 Å². The summed E-state index contributed by atoms with van der Waals surface area (Å²) in [6.07, 6.45) is 5.51. The van der Waals surface area contributed by atoms with Crippen LogP contribution >= 0.6 is 12.4 Å². The number of aromatic hydroxyl groups is 1. The first-order valence-corrected chi connectivity index (χ1v) is 8.43. The number of ether oxygens (including phenoxy) is 1. The molecule has 0 saturated heterocycles. The standard InChI is InChI=1S/C18H26N2O4.ClH/c1-24-18(23)15(11-12-6-5-9-14(21)10-12)20-17(22)16(19)13-7-3-2-4-8-13;/h5-6,9-10,13,15-16,21H,2-4,7-8,11,19H2,1H3,(H,20,22);1H/t15-,16-;/m0./s1. The van der Waals surface area contributed by atoms with Gasteiger partial charge in [0.05, 0.1) is 13.2 Å². The van der Waals surface area contributed by atoms with Gasteiger partial charge in [-0.3, -0.25) is 4.79 Å². The van der Waals surface area contributed by atoms with E-state index in [1.807, 2.05) is 0 Å². The van der Waals surface area contributed by atoms with E-state index in [9.17, 15) is 14.7 Å². The van der Waals surface area contributed by atoms with Gasteiger partial charge in [0, 0.05) is 6.42 Å². The Hall–Kier alpha value is -1.79. The quantitative estimate of drug-likeness (QED) is 0.664. The first-order valence-electron chi connectivity index (χ1n) is 8.43. The third-order valence-electron chi connectivity index (χ3n) is 4.61. The van der Waals surface area contributed by atoms with Crippen LogP contribution in [0.2, 0.25) is 0 Å². The van der Waals surface area contributed by atoms with E-state index in [4.69, 9.17) is 10.5 Å². The van der Waals surface area contributed by atoms with Gasteiger partial charge in [-0.05, 0) is 36.5 Å². The number of methoxy groups -OCH3 is 1. The van der Waals surface area contributed by atoms with E-state index >= 15 is 0 Å². The predicted octanol–water partition coefficient (Wildman–Crippen LogP) is 1.92. The van der Waals surface area contributed by atoms with Crippen molar-refractivity contribution in [3.8, 4) is 5.75 Å². The Labute approximate surface area is 154 Å². The number of amides is 1. The number of carbonyl (C=O) groups is 2. The van der Waals surface area contributed by atoms with Gasteiger partial charge in [-0.25, -0.2) is 4.79 Å². The monoisotopic (exact) mass is 370 g/mol. The van der Waals surface area contributed by atoms with Crippen molar-refractivity contribution in [1.29, 1.82) is 0 Å². The molecule has 0 aliphatic heterocycles. The number of nitrogens with two attached hydrogens (primary N) is 1. The molecule has 0 spiro atoms. The highest BCUT2D eigenvalue weighted by atomic mass is 35.5. The molecule has 0 heterocycles. The van der Waals surface area contributed by atoms with Crippen molar-refractivity contribution >= 4 is 24.3 Å². The van der Waals surface area contributed by atoms with Gasteiger partial charge in [0.15, 0.2) is 0 Å². The zero-order valence-corrected chi connectivity index (χ0v) is 15.3. The summed E-state index contributed by atoms with van der Waals surface area (Å²) >= 11 is 0. The zero-order valence-electron chi connectivity index (χ0n) is 14.4. The largest absolute Gasteiger partial charge is 0.508 e. The van der Waals surface area contributed by atoms with E-state index in [0.29, 0.717) is 0 Å². The number of carbonyl (C=O) groups excluding carboxylic acids is 2. The van der Waals surface area contributed by atoms with E-state index in [1.165, 1.54) is 13.5 Å². The smallest absolute Gasteiger partial charge is 0.328 e. The van der Waals surface area contributed by atoms with Crippen LogP contribution in [0.25, 0.3) is 0 Å². The second kappa shape index (κ2) is 10.3. The summed E-state index contributed by atoms with van der Waals surface area (Å²) < 4.78 is 4.78. The molecule has 1 fully saturated rings. The van der Waals surface area contributed by atoms with Crippen molar-refractivity contribution in [1.82, 2.24) is 5.32 Å². The summed E-state index contributed by atoms with van der Waals surface area (Å²) in [6.45, 7) is 0. The lowest BCUT2D eigenvalue weighted by Gasteiger charge is -2.28. The third-order valence-corrected chi connectivity index (χ3v) is 4.61. The summed E-state index contributed by atoms with van der Waals surface area (Å²) in [6, 6.07) is 5.15. The number of phenols is 1. The molecule has 1 aromatic carbocycles. The van der Waals surface area contributed by atoms with Crippen molar-refractivity contribution in [3.63, 3.8) is 0 Å². The van der Waals surface area contributed by atoms with Crippen LogP contribution in [0.15, 0.2) is 24.3 Å². The molecule has 1 aromatic rings. The lowest BCUT2D eigenvalue weighted by atomic mass is 9.84. The highest BCUT2D eigenvalue weighted by molar-refractivity contribution is 5.87. The Bertz CT molecular complexity index is 576. The lowest BCUT2D eigenvalue weighted by molar-refractivity contribution is -0.145. The minimum Gasteiger partial charge on any atom is -0.508 e. The van der Waals surface area contributed by atoms with E-state index in [-0.39, 0.29) is 36.4 Å². The molecular formula is C18H27ClN2O4. The molecule has 2 rings (SSSR count). The summed E-state index contributed by atoms with van der Waals surface area (Å²) in [5.74, 6) is -0.570. The van der Waals surface area contributed by atoms with Crippen molar-refractivity contribution < 1.29 is 19.4 Å². The van der Waals surface area contributed by atoms with Gasteiger partial charge in [0.2, 0.25) is 5.91 Å². The topological polar surface area (TPSA) is 102 Å². The Morgan fingerprint density at radius 1 is 1.32 bits per heavy atom. The van der Waals surface area contributed by atoms with Crippen LogP contribution in [0.3, 0.4) is 0 Å². The predicted molar refractivity (Wildman–Crippen MR) is 97.6 cm³/mol. The minimum absolute atomic E-state index is 0. The maximum Gasteiger partial charge on any atom is 0.328 e. The Morgan fingerprint density at radius 3 is 2.60 bits per heavy atom. The van der Waals surface area contributed by atoms with Gasteiger partial charge < -0.3 is 20.9 Å². The van der Waals surface area contributed by atoms with Crippen LogP contribution in [-0.4, -0.2) is 36.2 Å². The third kappa shape index (κ3) is 6.21. The molecule has 140 valence electrons. The molecule has 1 aliphatic rings. The van der Waals surface area contributed by atoms with Crippen molar-refractivity contribution in [2.45, 2.75) is 50.6 Å². The maximum atomic E-state index is 12.4. The highest BCUT2D eigenvalue weighted by Gasteiger charge is 2.30. The number of hydrogen-bond acceptors (Lipinski definition) is 5. The second-order valence-corrected chi connectivity index (χ2v) is 6.38. The molecule has 7 heteroatoms. The molecule has 0 aromatic heterocycles. The number of halogens is 1. The van der Waals surface area contributed by atoms with Gasteiger partial charge in [-0.15, -0.1) is 12.4 Å². The SMILES string of the molecule is COC(=O)[C@H](Cc1cccc(O)c1)NC(=O)[C@@H](N)C1CCCCC1.Cl. The molecule has 1 saturated carbocycles. The van der Waals surface area contributed by atoms with E-state index in [1.54, 1.807) is 24.3 Å². The summed E-state index contributed by atoms with van der Waals surface area (Å²) in [5, 5.41) is 12.3. The molecule has 6 nitrogen and oxygen atoms in total. The van der Waals surface area contributed by atoms with Crippen LogP contribution in [0.1, 0.15) is 37.7 Å². The summed E-state index contributed by atoms with van der Waals surface area (Å²) in [5.41, 5.74) is 6.83.